The Labute approximate surface area is 126 Å². The lowest BCUT2D eigenvalue weighted by molar-refractivity contribution is 0.255. The third-order valence-electron chi connectivity index (χ3n) is 3.10. The molecule has 4 heteroatoms. The molecule has 0 saturated carbocycles. The van der Waals surface area contributed by atoms with E-state index in [-0.39, 0.29) is 0 Å². The van der Waals surface area contributed by atoms with Gasteiger partial charge in [-0.3, -0.25) is 4.90 Å². The van der Waals surface area contributed by atoms with Crippen molar-refractivity contribution in [3.05, 3.63) is 55.6 Å². The maximum Gasteiger partial charge on any atom is 0.0406 e. The van der Waals surface area contributed by atoms with Gasteiger partial charge in [0.05, 0.1) is 0 Å². The van der Waals surface area contributed by atoms with Gasteiger partial charge in [0.15, 0.2) is 0 Å². The molecule has 0 aliphatic carbocycles. The second-order valence-electron chi connectivity index (χ2n) is 4.33. The van der Waals surface area contributed by atoms with Gasteiger partial charge in [-0.1, -0.05) is 23.7 Å². The molecule has 0 amide bonds. The Kier molecular flexibility index (Phi) is 4.84. The van der Waals surface area contributed by atoms with E-state index < -0.39 is 0 Å². The number of benzene rings is 1. The second kappa shape index (κ2) is 6.20. The predicted octanol–water partition coefficient (Wildman–Crippen LogP) is 5.36. The Bertz CT molecular complexity index is 509. The van der Waals surface area contributed by atoms with Gasteiger partial charge in [0.1, 0.15) is 0 Å². The van der Waals surface area contributed by atoms with Gasteiger partial charge in [0.25, 0.3) is 0 Å². The fourth-order valence-electron chi connectivity index (χ4n) is 1.80. The molecule has 0 saturated heterocycles. The Morgan fingerprint density at radius 1 is 1.28 bits per heavy atom. The molecular formula is C14H15BrClNS. The van der Waals surface area contributed by atoms with Gasteiger partial charge in [-0.2, -0.15) is 0 Å². The molecule has 0 fully saturated rings. The highest BCUT2D eigenvalue weighted by Crippen LogP contribution is 2.27. The lowest BCUT2D eigenvalue weighted by Gasteiger charge is -2.24. The van der Waals surface area contributed by atoms with Crippen LogP contribution in [0.4, 0.5) is 0 Å². The molecule has 1 unspecified atom stereocenters. The molecule has 1 aromatic heterocycles. The highest BCUT2D eigenvalue weighted by molar-refractivity contribution is 9.10. The van der Waals surface area contributed by atoms with Crippen LogP contribution >= 0.6 is 38.9 Å². The van der Waals surface area contributed by atoms with E-state index in [1.165, 1.54) is 14.9 Å². The average Bonchev–Trinajstić information content (AvgIpc) is 2.75. The van der Waals surface area contributed by atoms with E-state index in [1.54, 1.807) is 11.3 Å². The van der Waals surface area contributed by atoms with Gasteiger partial charge in [0.2, 0.25) is 0 Å². The molecule has 1 nitrogen and oxygen atoms in total. The van der Waals surface area contributed by atoms with Crippen LogP contribution < -0.4 is 0 Å². The van der Waals surface area contributed by atoms with E-state index in [0.29, 0.717) is 6.04 Å². The van der Waals surface area contributed by atoms with E-state index >= 15 is 0 Å². The van der Waals surface area contributed by atoms with Crippen LogP contribution in [0, 0.1) is 0 Å². The summed E-state index contributed by atoms with van der Waals surface area (Å²) in [6.45, 7) is 3.16. The minimum atomic E-state index is 0.372. The number of rotatable bonds is 4. The van der Waals surface area contributed by atoms with Crippen molar-refractivity contribution in [1.82, 2.24) is 4.90 Å². The van der Waals surface area contributed by atoms with Crippen LogP contribution in [0.15, 0.2) is 40.2 Å². The number of halogens is 2. The third-order valence-corrected chi connectivity index (χ3v) is 5.26. The molecule has 0 N–H and O–H groups in total. The van der Waals surface area contributed by atoms with E-state index in [4.69, 9.17) is 11.6 Å². The summed E-state index contributed by atoms with van der Waals surface area (Å²) in [6, 6.07) is 10.5. The number of nitrogens with zero attached hydrogens (tertiary/aromatic N) is 1. The van der Waals surface area contributed by atoms with Crippen molar-refractivity contribution >= 4 is 38.9 Å². The summed E-state index contributed by atoms with van der Waals surface area (Å²) in [5.74, 6) is 0. The molecule has 1 aromatic carbocycles. The van der Waals surface area contributed by atoms with E-state index in [2.05, 4.69) is 58.4 Å². The second-order valence-corrected chi connectivity index (χ2v) is 6.63. The Morgan fingerprint density at radius 3 is 2.50 bits per heavy atom. The van der Waals surface area contributed by atoms with Crippen molar-refractivity contribution in [2.75, 3.05) is 7.05 Å². The van der Waals surface area contributed by atoms with Crippen LogP contribution in [0.5, 0.6) is 0 Å². The topological polar surface area (TPSA) is 3.24 Å². The molecule has 0 aliphatic heterocycles. The Balaban J connectivity index is 2.07. The first kappa shape index (κ1) is 14.1. The van der Waals surface area contributed by atoms with Crippen molar-refractivity contribution in [1.29, 1.82) is 0 Å². The monoisotopic (exact) mass is 343 g/mol. The standard InChI is InChI=1S/C14H15BrClNS/c1-10(11-3-5-12(16)6-4-11)17(2)9-14-13(15)7-8-18-14/h3-8,10H,9H2,1-2H3. The average molecular weight is 345 g/mol. The third kappa shape index (κ3) is 3.35. The molecular weight excluding hydrogens is 330 g/mol. The first-order valence-electron chi connectivity index (χ1n) is 5.75. The maximum absolute atomic E-state index is 5.91. The minimum Gasteiger partial charge on any atom is -0.295 e. The zero-order valence-corrected chi connectivity index (χ0v) is 13.5. The summed E-state index contributed by atoms with van der Waals surface area (Å²) in [5.41, 5.74) is 1.29. The van der Waals surface area contributed by atoms with Gasteiger partial charge in [-0.15, -0.1) is 11.3 Å². The zero-order chi connectivity index (χ0) is 13.1. The molecule has 0 bridgehead atoms. The molecule has 2 aromatic rings. The molecule has 18 heavy (non-hydrogen) atoms. The first-order valence-corrected chi connectivity index (χ1v) is 7.80. The van der Waals surface area contributed by atoms with E-state index in [1.807, 2.05) is 12.1 Å². The minimum absolute atomic E-state index is 0.372. The van der Waals surface area contributed by atoms with Gasteiger partial charge in [0, 0.05) is 27.0 Å². The van der Waals surface area contributed by atoms with Crippen molar-refractivity contribution < 1.29 is 0 Å². The van der Waals surface area contributed by atoms with Gasteiger partial charge in [-0.05, 0) is 59.0 Å². The van der Waals surface area contributed by atoms with Crippen molar-refractivity contribution in [2.24, 2.45) is 0 Å². The van der Waals surface area contributed by atoms with Crippen molar-refractivity contribution in [3.8, 4) is 0 Å². The van der Waals surface area contributed by atoms with Crippen molar-refractivity contribution in [2.45, 2.75) is 19.5 Å². The Hall–Kier alpha value is -0.350. The van der Waals surface area contributed by atoms with Crippen LogP contribution in [-0.2, 0) is 6.54 Å². The van der Waals surface area contributed by atoms with Gasteiger partial charge in [-0.25, -0.2) is 0 Å². The van der Waals surface area contributed by atoms with Crippen LogP contribution in [0.1, 0.15) is 23.4 Å². The smallest absolute Gasteiger partial charge is 0.0406 e. The predicted molar refractivity (Wildman–Crippen MR) is 83.4 cm³/mol. The molecule has 96 valence electrons. The first-order chi connectivity index (χ1) is 8.58. The summed E-state index contributed by atoms with van der Waals surface area (Å²) in [5, 5.41) is 2.90. The summed E-state index contributed by atoms with van der Waals surface area (Å²) in [4.78, 5) is 3.69. The molecule has 1 heterocycles. The highest BCUT2D eigenvalue weighted by atomic mass is 79.9. The highest BCUT2D eigenvalue weighted by Gasteiger charge is 2.13. The van der Waals surface area contributed by atoms with Crippen LogP contribution in [-0.4, -0.2) is 11.9 Å². The van der Waals surface area contributed by atoms with Crippen molar-refractivity contribution in [3.63, 3.8) is 0 Å². The normalized spacial score (nSPS) is 12.9. The zero-order valence-electron chi connectivity index (χ0n) is 10.4. The molecule has 0 aliphatic rings. The van der Waals surface area contributed by atoms with Crippen LogP contribution in [0.3, 0.4) is 0 Å². The molecule has 0 spiro atoms. The number of hydrogen-bond acceptors (Lipinski definition) is 2. The fourth-order valence-corrected chi connectivity index (χ4v) is 3.46. The number of hydrogen-bond donors (Lipinski definition) is 0. The SMILES string of the molecule is CC(c1ccc(Cl)cc1)N(C)Cc1sccc1Br. The van der Waals surface area contributed by atoms with E-state index in [9.17, 15) is 0 Å². The van der Waals surface area contributed by atoms with E-state index in [0.717, 1.165) is 11.6 Å². The molecule has 1 atom stereocenters. The summed E-state index contributed by atoms with van der Waals surface area (Å²) in [7, 11) is 2.14. The largest absolute Gasteiger partial charge is 0.295 e. The molecule has 2 rings (SSSR count). The Morgan fingerprint density at radius 2 is 1.94 bits per heavy atom. The van der Waals surface area contributed by atoms with Crippen LogP contribution in [0.25, 0.3) is 0 Å². The lowest BCUT2D eigenvalue weighted by atomic mass is 10.1. The number of thiophene rings is 1. The lowest BCUT2D eigenvalue weighted by Crippen LogP contribution is -2.21. The van der Waals surface area contributed by atoms with Crippen LogP contribution in [0.2, 0.25) is 5.02 Å². The summed E-state index contributed by atoms with van der Waals surface area (Å²) >= 11 is 11.3. The maximum atomic E-state index is 5.91. The fraction of sp³-hybridized carbons (Fsp3) is 0.286. The summed E-state index contributed by atoms with van der Waals surface area (Å²) < 4.78 is 1.20. The summed E-state index contributed by atoms with van der Waals surface area (Å²) in [6.07, 6.45) is 0. The van der Waals surface area contributed by atoms with Gasteiger partial charge >= 0.3 is 0 Å². The quantitative estimate of drug-likeness (QED) is 0.722. The molecule has 0 radical (unpaired) electrons. The van der Waals surface area contributed by atoms with Gasteiger partial charge < -0.3 is 0 Å².